The number of carbonyl (C=O) groups excluding carboxylic acids is 4. The minimum absolute atomic E-state index is 0.0149. The SMILES string of the molecule is CC(C)(C)c1cc(SC(=O)CCC(=O)N(c2ccccc2)c2ccc(Nc3ccc(N(C(=O)CCC=O)c4ccccc4)cc3)cc2)cc(C(C)(C)C)c1O. The van der Waals surface area contributed by atoms with Crippen molar-refractivity contribution in [3.05, 3.63) is 132 Å². The van der Waals surface area contributed by atoms with Gasteiger partial charge in [0, 0.05) is 75.8 Å². The number of hydrogen-bond donors (Lipinski definition) is 2. The highest BCUT2D eigenvalue weighted by Crippen LogP contribution is 2.42. The molecule has 0 bridgehead atoms. The Morgan fingerprint density at radius 1 is 0.600 bits per heavy atom. The Labute approximate surface area is 328 Å². The summed E-state index contributed by atoms with van der Waals surface area (Å²) in [6, 6.07) is 37.4. The van der Waals surface area contributed by atoms with Crippen LogP contribution in [0.15, 0.2) is 126 Å². The summed E-state index contributed by atoms with van der Waals surface area (Å²) in [7, 11) is 0. The van der Waals surface area contributed by atoms with Crippen LogP contribution in [0.2, 0.25) is 0 Å². The van der Waals surface area contributed by atoms with Crippen LogP contribution in [-0.4, -0.2) is 28.3 Å². The average Bonchev–Trinajstić information content (AvgIpc) is 3.15. The van der Waals surface area contributed by atoms with Crippen molar-refractivity contribution >= 4 is 69.1 Å². The lowest BCUT2D eigenvalue weighted by Crippen LogP contribution is -2.26. The van der Waals surface area contributed by atoms with E-state index in [1.54, 1.807) is 9.80 Å². The molecule has 8 nitrogen and oxygen atoms in total. The number of carbonyl (C=O) groups is 4. The van der Waals surface area contributed by atoms with E-state index >= 15 is 0 Å². The number of rotatable bonds is 13. The van der Waals surface area contributed by atoms with Gasteiger partial charge in [-0.1, -0.05) is 89.7 Å². The lowest BCUT2D eigenvalue weighted by molar-refractivity contribution is -0.120. The van der Waals surface area contributed by atoms with Gasteiger partial charge in [-0.3, -0.25) is 24.2 Å². The van der Waals surface area contributed by atoms with Gasteiger partial charge in [-0.25, -0.2) is 0 Å². The molecule has 0 spiro atoms. The van der Waals surface area contributed by atoms with Crippen LogP contribution in [0.5, 0.6) is 5.75 Å². The van der Waals surface area contributed by atoms with Crippen molar-refractivity contribution < 1.29 is 24.3 Å². The fraction of sp³-hybridized carbons (Fsp3) is 0.261. The largest absolute Gasteiger partial charge is 0.507 e. The van der Waals surface area contributed by atoms with Crippen LogP contribution >= 0.6 is 11.8 Å². The first-order chi connectivity index (χ1) is 26.2. The second-order valence-electron chi connectivity index (χ2n) is 15.4. The second kappa shape index (κ2) is 17.6. The van der Waals surface area contributed by atoms with E-state index in [2.05, 4.69) is 5.32 Å². The third kappa shape index (κ3) is 10.5. The summed E-state index contributed by atoms with van der Waals surface area (Å²) in [5.41, 5.74) is 5.27. The number of hydrogen-bond acceptors (Lipinski definition) is 7. The predicted octanol–water partition coefficient (Wildman–Crippen LogP) is 11.1. The molecule has 0 aliphatic heterocycles. The van der Waals surface area contributed by atoms with E-state index in [-0.39, 0.29) is 59.2 Å². The van der Waals surface area contributed by atoms with Crippen molar-refractivity contribution in [1.82, 2.24) is 0 Å². The maximum absolute atomic E-state index is 13.9. The minimum atomic E-state index is -0.323. The summed E-state index contributed by atoms with van der Waals surface area (Å²) in [4.78, 5) is 55.2. The highest BCUT2D eigenvalue weighted by molar-refractivity contribution is 8.13. The zero-order valence-corrected chi connectivity index (χ0v) is 33.2. The molecule has 0 atom stereocenters. The molecule has 0 aromatic heterocycles. The first kappa shape index (κ1) is 40.5. The lowest BCUT2D eigenvalue weighted by atomic mass is 9.79. The summed E-state index contributed by atoms with van der Waals surface area (Å²) >= 11 is 1.11. The number of thioether (sulfide) groups is 1. The predicted molar refractivity (Wildman–Crippen MR) is 224 cm³/mol. The van der Waals surface area contributed by atoms with Gasteiger partial charge in [-0.2, -0.15) is 0 Å². The fourth-order valence-corrected chi connectivity index (χ4v) is 7.01. The lowest BCUT2D eigenvalue weighted by Gasteiger charge is -2.28. The molecule has 2 amide bonds. The van der Waals surface area contributed by atoms with Gasteiger partial charge in [0.05, 0.1) is 0 Å². The molecule has 0 aliphatic carbocycles. The molecule has 0 heterocycles. The third-order valence-corrected chi connectivity index (χ3v) is 9.92. The number of benzene rings is 5. The van der Waals surface area contributed by atoms with E-state index in [1.165, 1.54) is 0 Å². The van der Waals surface area contributed by atoms with Gasteiger partial charge < -0.3 is 15.2 Å². The van der Waals surface area contributed by atoms with Gasteiger partial charge in [-0.15, -0.1) is 0 Å². The number of aromatic hydroxyl groups is 1. The summed E-state index contributed by atoms with van der Waals surface area (Å²) in [6.07, 6.45) is 1.07. The van der Waals surface area contributed by atoms with Crippen LogP contribution in [0.4, 0.5) is 34.1 Å². The van der Waals surface area contributed by atoms with E-state index in [4.69, 9.17) is 0 Å². The van der Waals surface area contributed by atoms with E-state index in [9.17, 15) is 24.3 Å². The third-order valence-electron chi connectivity index (χ3n) is 9.02. The number of amides is 2. The van der Waals surface area contributed by atoms with Crippen LogP contribution in [0.3, 0.4) is 0 Å². The van der Waals surface area contributed by atoms with Crippen LogP contribution in [-0.2, 0) is 30.0 Å². The molecule has 0 fully saturated rings. The highest BCUT2D eigenvalue weighted by atomic mass is 32.2. The number of phenols is 1. The van der Waals surface area contributed by atoms with Crippen molar-refractivity contribution in [2.45, 2.75) is 83.0 Å². The number of phenolic OH excluding ortho intramolecular Hbond substituents is 1. The Morgan fingerprint density at radius 2 is 1.00 bits per heavy atom. The van der Waals surface area contributed by atoms with Crippen molar-refractivity contribution in [3.8, 4) is 5.75 Å². The average molecular weight is 756 g/mol. The maximum atomic E-state index is 13.9. The minimum Gasteiger partial charge on any atom is -0.507 e. The van der Waals surface area contributed by atoms with Gasteiger partial charge >= 0.3 is 0 Å². The molecule has 0 saturated heterocycles. The monoisotopic (exact) mass is 755 g/mol. The summed E-state index contributed by atoms with van der Waals surface area (Å²) in [6.45, 7) is 12.2. The van der Waals surface area contributed by atoms with E-state index < -0.39 is 0 Å². The van der Waals surface area contributed by atoms with Gasteiger partial charge in [0.15, 0.2) is 5.12 Å². The Balaban J connectivity index is 1.29. The molecule has 0 aliphatic rings. The zero-order valence-electron chi connectivity index (χ0n) is 32.3. The van der Waals surface area contributed by atoms with E-state index in [1.807, 2.05) is 163 Å². The number of nitrogens with one attached hydrogen (secondary N) is 1. The van der Waals surface area contributed by atoms with Crippen molar-refractivity contribution in [2.24, 2.45) is 0 Å². The Bertz CT molecular complexity index is 2070. The standard InChI is InChI=1S/C46H49N3O5S/c1-45(2,3)39-30-38(31-40(44(39)54)46(4,5)6)55-43(53)28-27-42(52)49(35-16-11-8-12-17-35)37-25-21-33(22-26-37)47-32-19-23-36(24-20-32)48(41(51)18-13-29-50)34-14-9-7-10-15-34/h7-12,14-17,19-26,29-31,47,54H,13,18,27-28H2,1-6H3. The molecule has 0 radical (unpaired) electrons. The number of nitrogens with zero attached hydrogens (tertiary/aromatic N) is 2. The van der Waals surface area contributed by atoms with Crippen molar-refractivity contribution in [3.63, 3.8) is 0 Å². The fourth-order valence-electron chi connectivity index (χ4n) is 6.19. The van der Waals surface area contributed by atoms with Crippen LogP contribution in [0.1, 0.15) is 78.4 Å². The molecule has 5 aromatic rings. The Morgan fingerprint density at radius 3 is 1.40 bits per heavy atom. The molecule has 5 rings (SSSR count). The topological polar surface area (TPSA) is 107 Å². The molecular formula is C46H49N3O5S. The second-order valence-corrected chi connectivity index (χ2v) is 16.5. The molecular weight excluding hydrogens is 707 g/mol. The highest BCUT2D eigenvalue weighted by Gasteiger charge is 2.28. The number of anilines is 6. The molecule has 9 heteroatoms. The van der Waals surface area contributed by atoms with Crippen LogP contribution in [0.25, 0.3) is 0 Å². The maximum Gasteiger partial charge on any atom is 0.232 e. The Hall–Kier alpha value is -5.67. The van der Waals surface area contributed by atoms with Crippen molar-refractivity contribution in [2.75, 3.05) is 15.1 Å². The smallest absolute Gasteiger partial charge is 0.232 e. The van der Waals surface area contributed by atoms with Gasteiger partial charge in [-0.05, 0) is 95.8 Å². The van der Waals surface area contributed by atoms with E-state index in [0.29, 0.717) is 17.1 Å². The van der Waals surface area contributed by atoms with Gasteiger partial charge in [0.25, 0.3) is 0 Å². The molecule has 2 N–H and O–H groups in total. The number of para-hydroxylation sites is 2. The van der Waals surface area contributed by atoms with E-state index in [0.717, 1.165) is 51.1 Å². The van der Waals surface area contributed by atoms with Gasteiger partial charge in [0.1, 0.15) is 12.0 Å². The number of aldehydes is 1. The van der Waals surface area contributed by atoms with Crippen LogP contribution in [0, 0.1) is 0 Å². The molecule has 0 unspecified atom stereocenters. The van der Waals surface area contributed by atoms with Crippen LogP contribution < -0.4 is 15.1 Å². The quantitative estimate of drug-likeness (QED) is 0.0910. The summed E-state index contributed by atoms with van der Waals surface area (Å²) in [5.74, 6) is -0.119. The molecule has 0 saturated carbocycles. The van der Waals surface area contributed by atoms with Gasteiger partial charge in [0.2, 0.25) is 11.8 Å². The summed E-state index contributed by atoms with van der Waals surface area (Å²) < 4.78 is 0. The first-order valence-corrected chi connectivity index (χ1v) is 19.2. The Kier molecular flexibility index (Phi) is 13.0. The molecule has 5 aromatic carbocycles. The summed E-state index contributed by atoms with van der Waals surface area (Å²) in [5, 5.41) is 14.4. The zero-order chi connectivity index (χ0) is 39.8. The van der Waals surface area contributed by atoms with Crippen molar-refractivity contribution in [1.29, 1.82) is 0 Å². The first-order valence-electron chi connectivity index (χ1n) is 18.4. The molecule has 55 heavy (non-hydrogen) atoms. The normalized spacial score (nSPS) is 11.5. The molecule has 284 valence electrons.